The van der Waals surface area contributed by atoms with Crippen molar-refractivity contribution in [2.24, 2.45) is 0 Å². The molecule has 4 heteroatoms. The number of amidine groups is 1. The Hall–Kier alpha value is -0.610. The fourth-order valence-electron chi connectivity index (χ4n) is 2.39. The quantitative estimate of drug-likeness (QED) is 0.566. The normalized spacial score (nSPS) is 28.1. The zero-order valence-electron chi connectivity index (χ0n) is 10.2. The molecule has 0 aromatic carbocycles. The first kappa shape index (κ1) is 11.9. The van der Waals surface area contributed by atoms with Crippen LogP contribution in [0, 0.1) is 5.41 Å². The third-order valence-electron chi connectivity index (χ3n) is 3.58. The zero-order valence-corrected chi connectivity index (χ0v) is 10.2. The second-order valence-electron chi connectivity index (χ2n) is 4.93. The van der Waals surface area contributed by atoms with Crippen molar-refractivity contribution in [3.8, 4) is 0 Å². The molecule has 2 saturated heterocycles. The fourth-order valence-corrected chi connectivity index (χ4v) is 2.39. The van der Waals surface area contributed by atoms with Crippen LogP contribution < -0.4 is 0 Å². The monoisotopic (exact) mass is 225 g/mol. The smallest absolute Gasteiger partial charge is 0.0984 e. The molecule has 0 bridgehead atoms. The molecule has 2 aliphatic rings. The van der Waals surface area contributed by atoms with E-state index in [4.69, 9.17) is 10.1 Å². The standard InChI is InChI=1S/C12H23N3O/c1-14-5-7-15(8-6-14)12(13)10-11-4-2-3-9-16-11/h11,13H,2-10H2,1H3. The van der Waals surface area contributed by atoms with Gasteiger partial charge in [0.1, 0.15) is 0 Å². The number of nitrogens with one attached hydrogen (secondary N) is 1. The molecule has 1 N–H and O–H groups in total. The minimum atomic E-state index is 0.306. The minimum absolute atomic E-state index is 0.306. The fraction of sp³-hybridized carbons (Fsp3) is 0.917. The molecule has 0 amide bonds. The van der Waals surface area contributed by atoms with Crippen LogP contribution in [-0.4, -0.2) is 61.6 Å². The Balaban J connectivity index is 1.74. The Morgan fingerprint density at radius 1 is 1.25 bits per heavy atom. The summed E-state index contributed by atoms with van der Waals surface area (Å²) in [5.41, 5.74) is 0. The zero-order chi connectivity index (χ0) is 11.4. The first-order valence-electron chi connectivity index (χ1n) is 6.38. The van der Waals surface area contributed by atoms with Crippen LogP contribution in [0.15, 0.2) is 0 Å². The van der Waals surface area contributed by atoms with Gasteiger partial charge in [-0.05, 0) is 26.3 Å². The number of likely N-dealkylation sites (N-methyl/N-ethyl adjacent to an activating group) is 1. The lowest BCUT2D eigenvalue weighted by molar-refractivity contribution is 0.0189. The lowest BCUT2D eigenvalue weighted by Crippen LogP contribution is -2.47. The summed E-state index contributed by atoms with van der Waals surface area (Å²) in [5.74, 6) is 0.778. The highest BCUT2D eigenvalue weighted by molar-refractivity contribution is 5.79. The summed E-state index contributed by atoms with van der Waals surface area (Å²) in [6.07, 6.45) is 4.71. The number of hydrogen-bond acceptors (Lipinski definition) is 3. The van der Waals surface area contributed by atoms with Gasteiger partial charge in [-0.1, -0.05) is 0 Å². The molecule has 2 fully saturated rings. The summed E-state index contributed by atoms with van der Waals surface area (Å²) in [6, 6.07) is 0. The van der Waals surface area contributed by atoms with Gasteiger partial charge in [0.25, 0.3) is 0 Å². The number of nitrogens with zero attached hydrogens (tertiary/aromatic N) is 2. The van der Waals surface area contributed by atoms with Gasteiger partial charge in [-0.3, -0.25) is 5.41 Å². The summed E-state index contributed by atoms with van der Waals surface area (Å²) < 4.78 is 5.68. The van der Waals surface area contributed by atoms with Crippen molar-refractivity contribution in [3.63, 3.8) is 0 Å². The molecule has 2 rings (SSSR count). The van der Waals surface area contributed by atoms with Crippen LogP contribution in [0.5, 0.6) is 0 Å². The summed E-state index contributed by atoms with van der Waals surface area (Å²) >= 11 is 0. The largest absolute Gasteiger partial charge is 0.378 e. The van der Waals surface area contributed by atoms with Crippen molar-refractivity contribution >= 4 is 5.84 Å². The summed E-state index contributed by atoms with van der Waals surface area (Å²) in [4.78, 5) is 4.53. The molecular formula is C12H23N3O. The molecule has 92 valence electrons. The molecule has 0 aliphatic carbocycles. The van der Waals surface area contributed by atoms with E-state index in [-0.39, 0.29) is 0 Å². The maximum absolute atomic E-state index is 8.11. The van der Waals surface area contributed by atoms with E-state index in [1.54, 1.807) is 0 Å². The SMILES string of the molecule is CN1CCN(C(=N)CC2CCCCO2)CC1. The number of ether oxygens (including phenoxy) is 1. The molecule has 2 aliphatic heterocycles. The van der Waals surface area contributed by atoms with Gasteiger partial charge in [-0.15, -0.1) is 0 Å². The maximum atomic E-state index is 8.11. The van der Waals surface area contributed by atoms with E-state index in [9.17, 15) is 0 Å². The van der Waals surface area contributed by atoms with Crippen molar-refractivity contribution in [1.82, 2.24) is 9.80 Å². The van der Waals surface area contributed by atoms with E-state index >= 15 is 0 Å². The van der Waals surface area contributed by atoms with Crippen LogP contribution >= 0.6 is 0 Å². The molecule has 16 heavy (non-hydrogen) atoms. The van der Waals surface area contributed by atoms with Crippen molar-refractivity contribution in [3.05, 3.63) is 0 Å². The lowest BCUT2D eigenvalue weighted by atomic mass is 10.1. The summed E-state index contributed by atoms with van der Waals surface area (Å²) in [7, 11) is 2.14. The lowest BCUT2D eigenvalue weighted by Gasteiger charge is -2.35. The molecule has 1 atom stereocenters. The second-order valence-corrected chi connectivity index (χ2v) is 4.93. The van der Waals surface area contributed by atoms with Crippen LogP contribution in [-0.2, 0) is 4.74 Å². The predicted octanol–water partition coefficient (Wildman–Crippen LogP) is 1.17. The van der Waals surface area contributed by atoms with Crippen molar-refractivity contribution in [2.45, 2.75) is 31.8 Å². The van der Waals surface area contributed by atoms with Crippen LogP contribution in [0.3, 0.4) is 0 Å². The van der Waals surface area contributed by atoms with Crippen LogP contribution in [0.2, 0.25) is 0 Å². The van der Waals surface area contributed by atoms with E-state index < -0.39 is 0 Å². The maximum Gasteiger partial charge on any atom is 0.0984 e. The van der Waals surface area contributed by atoms with Gasteiger partial charge in [0, 0.05) is 39.2 Å². The average Bonchev–Trinajstić information content (AvgIpc) is 2.31. The molecule has 0 saturated carbocycles. The summed E-state index contributed by atoms with van der Waals surface area (Å²) in [6.45, 7) is 5.05. The van der Waals surface area contributed by atoms with Crippen LogP contribution in [0.4, 0.5) is 0 Å². The van der Waals surface area contributed by atoms with Crippen LogP contribution in [0.1, 0.15) is 25.7 Å². The average molecular weight is 225 g/mol. The van der Waals surface area contributed by atoms with Gasteiger partial charge in [-0.2, -0.15) is 0 Å². The molecular weight excluding hydrogens is 202 g/mol. The topological polar surface area (TPSA) is 39.6 Å². The first-order chi connectivity index (χ1) is 7.75. The number of rotatable bonds is 2. The third kappa shape index (κ3) is 3.19. The van der Waals surface area contributed by atoms with Gasteiger partial charge in [0.15, 0.2) is 0 Å². The Bertz CT molecular complexity index is 230. The van der Waals surface area contributed by atoms with Gasteiger partial charge in [0.2, 0.25) is 0 Å². The van der Waals surface area contributed by atoms with Crippen molar-refractivity contribution in [2.75, 3.05) is 39.8 Å². The molecule has 2 heterocycles. The highest BCUT2D eigenvalue weighted by atomic mass is 16.5. The Kier molecular flexibility index (Phi) is 4.18. The third-order valence-corrected chi connectivity index (χ3v) is 3.58. The van der Waals surface area contributed by atoms with E-state index in [1.807, 2.05) is 0 Å². The van der Waals surface area contributed by atoms with Gasteiger partial charge in [0.05, 0.1) is 11.9 Å². The highest BCUT2D eigenvalue weighted by Gasteiger charge is 2.21. The van der Waals surface area contributed by atoms with Crippen molar-refractivity contribution in [1.29, 1.82) is 5.41 Å². The number of piperazine rings is 1. The molecule has 0 radical (unpaired) electrons. The molecule has 0 aromatic rings. The van der Waals surface area contributed by atoms with E-state index in [2.05, 4.69) is 16.8 Å². The minimum Gasteiger partial charge on any atom is -0.378 e. The van der Waals surface area contributed by atoms with Gasteiger partial charge in [-0.25, -0.2) is 0 Å². The first-order valence-corrected chi connectivity index (χ1v) is 6.38. The van der Waals surface area contributed by atoms with E-state index in [0.29, 0.717) is 6.10 Å². The molecule has 0 aromatic heterocycles. The Labute approximate surface area is 98.1 Å². The predicted molar refractivity (Wildman–Crippen MR) is 65.0 cm³/mol. The van der Waals surface area contributed by atoms with Gasteiger partial charge >= 0.3 is 0 Å². The molecule has 4 nitrogen and oxygen atoms in total. The summed E-state index contributed by atoms with van der Waals surface area (Å²) in [5, 5.41) is 8.11. The molecule has 1 unspecified atom stereocenters. The Morgan fingerprint density at radius 3 is 2.62 bits per heavy atom. The second kappa shape index (κ2) is 5.64. The highest BCUT2D eigenvalue weighted by Crippen LogP contribution is 2.17. The van der Waals surface area contributed by atoms with Crippen LogP contribution in [0.25, 0.3) is 0 Å². The Morgan fingerprint density at radius 2 is 2.00 bits per heavy atom. The molecule has 0 spiro atoms. The van der Waals surface area contributed by atoms with Gasteiger partial charge < -0.3 is 14.5 Å². The van der Waals surface area contributed by atoms with Crippen molar-refractivity contribution < 1.29 is 4.74 Å². The van der Waals surface area contributed by atoms with E-state index in [0.717, 1.165) is 51.5 Å². The van der Waals surface area contributed by atoms with E-state index in [1.165, 1.54) is 12.8 Å². The number of hydrogen-bond donors (Lipinski definition) is 1.